The summed E-state index contributed by atoms with van der Waals surface area (Å²) >= 11 is 3.15. The van der Waals surface area contributed by atoms with Gasteiger partial charge in [-0.2, -0.15) is 0 Å². The zero-order chi connectivity index (χ0) is 19.7. The second-order valence-electron chi connectivity index (χ2n) is 5.57. The molecule has 0 aromatic carbocycles. The molecule has 0 bridgehead atoms. The average molecular weight is 460 g/mol. The number of alkyl halides is 1. The van der Waals surface area contributed by atoms with Gasteiger partial charge in [0, 0.05) is 5.33 Å². The van der Waals surface area contributed by atoms with E-state index < -0.39 is 40.0 Å². The predicted octanol–water partition coefficient (Wildman–Crippen LogP) is -0.221. The number of β-lactam (4-membered cyclic amide) rings is 1. The fourth-order valence-electron chi connectivity index (χ4n) is 2.87. The van der Waals surface area contributed by atoms with Crippen LogP contribution in [0.3, 0.4) is 0 Å². The molecule has 10 nitrogen and oxygen atoms in total. The van der Waals surface area contributed by atoms with Crippen molar-refractivity contribution in [2.24, 2.45) is 5.16 Å². The van der Waals surface area contributed by atoms with Crippen molar-refractivity contribution in [3.63, 3.8) is 0 Å². The molecular weight excluding hydrogens is 446 g/mol. The number of carbonyl (C=O) groups excluding carboxylic acids is 2. The Morgan fingerprint density at radius 2 is 2.30 bits per heavy atom. The monoisotopic (exact) mass is 459 g/mol. The average Bonchev–Trinajstić information content (AvgIpc) is 3.16. The van der Waals surface area contributed by atoms with Gasteiger partial charge in [0.05, 0.1) is 22.8 Å². The van der Waals surface area contributed by atoms with Crippen LogP contribution in [0.25, 0.3) is 0 Å². The molecule has 2 aliphatic rings. The van der Waals surface area contributed by atoms with Crippen LogP contribution >= 0.6 is 15.9 Å². The maximum Gasteiger partial charge on any atom is 0.352 e. The quantitative estimate of drug-likeness (QED) is 0.259. The molecule has 1 fully saturated rings. The Balaban J connectivity index is 1.84. The lowest BCUT2D eigenvalue weighted by Crippen LogP contribution is -2.74. The third-order valence-corrected chi connectivity index (χ3v) is 6.34. The van der Waals surface area contributed by atoms with Gasteiger partial charge in [0.25, 0.3) is 11.8 Å². The summed E-state index contributed by atoms with van der Waals surface area (Å²) in [4.78, 5) is 42.1. The molecule has 27 heavy (non-hydrogen) atoms. The number of oxime groups is 1. The number of halogens is 1. The molecule has 0 radical (unpaired) electrons. The van der Waals surface area contributed by atoms with E-state index in [9.17, 15) is 23.7 Å². The smallest absolute Gasteiger partial charge is 0.352 e. The Morgan fingerprint density at radius 3 is 2.85 bits per heavy atom. The molecule has 0 saturated carbocycles. The van der Waals surface area contributed by atoms with Crippen molar-refractivity contribution in [2.45, 2.75) is 11.4 Å². The molecule has 144 valence electrons. The van der Waals surface area contributed by atoms with E-state index in [4.69, 9.17) is 4.42 Å². The van der Waals surface area contributed by atoms with Crippen molar-refractivity contribution in [2.75, 3.05) is 18.2 Å². The molecule has 2 N–H and O–H groups in total. The number of carboxylic acid groups (broad SMARTS) is 1. The van der Waals surface area contributed by atoms with Crippen molar-refractivity contribution in [1.82, 2.24) is 10.2 Å². The normalized spacial score (nSPS) is 25.0. The molecule has 3 rings (SSSR count). The topological polar surface area (TPSA) is 139 Å². The van der Waals surface area contributed by atoms with E-state index in [1.807, 2.05) is 0 Å². The number of fused-ring (bicyclic) bond motifs is 1. The lowest BCUT2D eigenvalue weighted by molar-refractivity contribution is -0.150. The lowest BCUT2D eigenvalue weighted by Gasteiger charge is -2.48. The number of nitrogens with one attached hydrogen (secondary N) is 1. The van der Waals surface area contributed by atoms with Crippen molar-refractivity contribution >= 4 is 50.2 Å². The largest absolute Gasteiger partial charge is 0.477 e. The van der Waals surface area contributed by atoms with E-state index >= 15 is 0 Å². The van der Waals surface area contributed by atoms with E-state index in [0.717, 1.165) is 4.90 Å². The highest BCUT2D eigenvalue weighted by atomic mass is 79.9. The van der Waals surface area contributed by atoms with Crippen LogP contribution in [-0.2, 0) is 30.0 Å². The lowest BCUT2D eigenvalue weighted by atomic mass is 10.0. The molecular formula is C15H14BrN3O7S. The molecule has 12 heteroatoms. The van der Waals surface area contributed by atoms with Crippen LogP contribution in [0.4, 0.5) is 0 Å². The molecule has 0 aliphatic carbocycles. The first-order chi connectivity index (χ1) is 12.9. The molecule has 0 spiro atoms. The Morgan fingerprint density at radius 1 is 1.56 bits per heavy atom. The van der Waals surface area contributed by atoms with E-state index in [1.54, 1.807) is 6.07 Å². The fourth-order valence-corrected chi connectivity index (χ4v) is 5.28. The van der Waals surface area contributed by atoms with Gasteiger partial charge in [-0.1, -0.05) is 21.1 Å². The number of nitrogens with zero attached hydrogens (tertiary/aromatic N) is 2. The number of carboxylic acids is 1. The second kappa shape index (κ2) is 7.64. The van der Waals surface area contributed by atoms with Gasteiger partial charge < -0.3 is 19.7 Å². The van der Waals surface area contributed by atoms with Crippen LogP contribution in [0, 0.1) is 0 Å². The van der Waals surface area contributed by atoms with Crippen LogP contribution in [0.2, 0.25) is 0 Å². The van der Waals surface area contributed by atoms with Crippen LogP contribution in [0.5, 0.6) is 0 Å². The van der Waals surface area contributed by atoms with Gasteiger partial charge in [-0.25, -0.2) is 4.79 Å². The number of furan rings is 1. The standard InChI is InChI=1S/C15H14BrN3O7S/c1-25-18-9(8-3-2-4-26-8)12(20)17-10-13(21)19-11(15(22)23)7(5-16)6-27(24)14(10)19/h2-4,10,14H,5-6H2,1H3,(H,17,20)(H,22,23)/t10-,14-,27+/m1/s1. The minimum absolute atomic E-state index is 0.00903. The van der Waals surface area contributed by atoms with Gasteiger partial charge in [-0.05, 0) is 17.7 Å². The van der Waals surface area contributed by atoms with Gasteiger partial charge in [0.2, 0.25) is 5.71 Å². The molecule has 1 aromatic rings. The summed E-state index contributed by atoms with van der Waals surface area (Å²) in [5, 5.41) is 14.7. The van der Waals surface area contributed by atoms with E-state index in [2.05, 4.69) is 31.2 Å². The number of amides is 2. The van der Waals surface area contributed by atoms with Crippen LogP contribution < -0.4 is 5.32 Å². The third-order valence-electron chi connectivity index (χ3n) is 4.01. The van der Waals surface area contributed by atoms with Crippen LogP contribution in [-0.4, -0.2) is 67.3 Å². The molecule has 3 atom stereocenters. The van der Waals surface area contributed by atoms with Crippen LogP contribution in [0.15, 0.2) is 39.2 Å². The van der Waals surface area contributed by atoms with Gasteiger partial charge in [-0.15, -0.1) is 0 Å². The Labute approximate surface area is 163 Å². The highest BCUT2D eigenvalue weighted by Gasteiger charge is 2.57. The third kappa shape index (κ3) is 3.30. The summed E-state index contributed by atoms with van der Waals surface area (Å²) in [6, 6.07) is 1.89. The van der Waals surface area contributed by atoms with E-state index in [-0.39, 0.29) is 28.3 Å². The minimum Gasteiger partial charge on any atom is -0.477 e. The Hall–Kier alpha value is -2.47. The predicted molar refractivity (Wildman–Crippen MR) is 96.3 cm³/mol. The zero-order valence-corrected chi connectivity index (χ0v) is 16.3. The maximum absolute atomic E-state index is 12.5. The molecule has 2 amide bonds. The SMILES string of the molecule is CON=C(C(=O)N[C@@H]1C(=O)N2C(C(=O)O)=C(CBr)C[S@](=O)[C@H]12)c1ccco1. The van der Waals surface area contributed by atoms with Crippen LogP contribution in [0.1, 0.15) is 5.76 Å². The number of carbonyl (C=O) groups is 3. The number of aliphatic carboxylic acids is 1. The first-order valence-corrected chi connectivity index (χ1v) is 10.1. The maximum atomic E-state index is 12.5. The molecule has 1 aromatic heterocycles. The van der Waals surface area contributed by atoms with Gasteiger partial charge in [0.15, 0.2) is 5.76 Å². The highest BCUT2D eigenvalue weighted by Crippen LogP contribution is 2.35. The zero-order valence-electron chi connectivity index (χ0n) is 13.9. The summed E-state index contributed by atoms with van der Waals surface area (Å²) in [6.45, 7) is 0. The van der Waals surface area contributed by atoms with Gasteiger partial charge in [0.1, 0.15) is 24.2 Å². The van der Waals surface area contributed by atoms with Gasteiger partial charge >= 0.3 is 5.97 Å². The van der Waals surface area contributed by atoms with Crippen molar-refractivity contribution in [3.8, 4) is 0 Å². The molecule has 1 saturated heterocycles. The number of hydrogen-bond donors (Lipinski definition) is 2. The minimum atomic E-state index is -1.57. The van der Waals surface area contributed by atoms with Crippen molar-refractivity contribution in [1.29, 1.82) is 0 Å². The first kappa shape index (κ1) is 19.3. The van der Waals surface area contributed by atoms with Gasteiger partial charge in [-0.3, -0.25) is 18.7 Å². The summed E-state index contributed by atoms with van der Waals surface area (Å²) in [7, 11) is -0.327. The highest BCUT2D eigenvalue weighted by molar-refractivity contribution is 9.09. The second-order valence-corrected chi connectivity index (χ2v) is 7.66. The fraction of sp³-hybridized carbons (Fsp3) is 0.333. The summed E-state index contributed by atoms with van der Waals surface area (Å²) in [6.07, 6.45) is 1.34. The molecule has 3 heterocycles. The first-order valence-electron chi connectivity index (χ1n) is 7.58. The summed E-state index contributed by atoms with van der Waals surface area (Å²) in [5.74, 6) is -2.61. The number of hydrogen-bond acceptors (Lipinski definition) is 7. The Kier molecular flexibility index (Phi) is 5.46. The number of rotatable bonds is 6. The summed E-state index contributed by atoms with van der Waals surface area (Å²) in [5.41, 5.74) is -0.0540. The summed E-state index contributed by atoms with van der Waals surface area (Å²) < 4.78 is 17.6. The molecule has 2 aliphatic heterocycles. The van der Waals surface area contributed by atoms with Crippen molar-refractivity contribution < 1.29 is 33.0 Å². The van der Waals surface area contributed by atoms with E-state index in [0.29, 0.717) is 5.57 Å². The van der Waals surface area contributed by atoms with Crippen molar-refractivity contribution in [3.05, 3.63) is 35.4 Å². The van der Waals surface area contributed by atoms with E-state index in [1.165, 1.54) is 19.4 Å². The molecule has 0 unspecified atom stereocenters. The Bertz CT molecular complexity index is 880.